The van der Waals surface area contributed by atoms with Crippen LogP contribution in [0.3, 0.4) is 0 Å². The van der Waals surface area contributed by atoms with Crippen molar-refractivity contribution in [2.24, 2.45) is 0 Å². The molecule has 2 fully saturated rings. The van der Waals surface area contributed by atoms with E-state index < -0.39 is 40.4 Å². The molecule has 2 saturated heterocycles. The molecule has 0 radical (unpaired) electrons. The van der Waals surface area contributed by atoms with Gasteiger partial charge in [-0.3, -0.25) is 8.75 Å². The fourth-order valence-corrected chi connectivity index (χ4v) is 4.30. The predicted molar refractivity (Wildman–Crippen MR) is 97.8 cm³/mol. The number of halogens is 1. The van der Waals surface area contributed by atoms with Crippen LogP contribution in [0.5, 0.6) is 0 Å². The van der Waals surface area contributed by atoms with Crippen molar-refractivity contribution in [1.29, 1.82) is 0 Å². The average molecular weight is 431 g/mol. The number of hydrogen-bond acceptors (Lipinski definition) is 9. The van der Waals surface area contributed by atoms with Crippen LogP contribution in [0.4, 0.5) is 0 Å². The Balaban J connectivity index is 1.69. The molecule has 0 amide bonds. The van der Waals surface area contributed by atoms with Gasteiger partial charge in [0.05, 0.1) is 18.3 Å². The SMILES string of the molecule is CCOS(=O)(=O)/C=C/[C@H]1OC(n2cnc3c(Cl)ncnc32)[C@@H]2OC(C)(C)O[C@H]12. The molecule has 2 aliphatic rings. The fourth-order valence-electron chi connectivity index (χ4n) is 3.37. The molecule has 4 rings (SSSR count). The Bertz CT molecular complexity index is 1020. The Morgan fingerprint density at radius 2 is 2.04 bits per heavy atom. The predicted octanol–water partition coefficient (Wildman–Crippen LogP) is 1.78. The van der Waals surface area contributed by atoms with Crippen molar-refractivity contribution in [3.63, 3.8) is 0 Å². The van der Waals surface area contributed by atoms with Crippen LogP contribution in [-0.2, 0) is 28.5 Å². The first-order valence-corrected chi connectivity index (χ1v) is 10.5. The molecule has 12 heteroatoms. The number of fused-ring (bicyclic) bond motifs is 2. The summed E-state index contributed by atoms with van der Waals surface area (Å²) in [7, 11) is -3.80. The molecule has 10 nitrogen and oxygen atoms in total. The van der Waals surface area contributed by atoms with Crippen molar-refractivity contribution < 1.29 is 26.8 Å². The van der Waals surface area contributed by atoms with E-state index in [1.54, 1.807) is 25.3 Å². The van der Waals surface area contributed by atoms with Crippen molar-refractivity contribution >= 4 is 32.9 Å². The third-order valence-corrected chi connectivity index (χ3v) is 5.70. The lowest BCUT2D eigenvalue weighted by Gasteiger charge is -2.23. The maximum atomic E-state index is 11.8. The van der Waals surface area contributed by atoms with Gasteiger partial charge in [0.2, 0.25) is 0 Å². The van der Waals surface area contributed by atoms with Gasteiger partial charge in [0.15, 0.2) is 22.8 Å². The topological polar surface area (TPSA) is 115 Å². The second-order valence-corrected chi connectivity index (χ2v) is 8.62. The van der Waals surface area contributed by atoms with Crippen molar-refractivity contribution in [1.82, 2.24) is 19.5 Å². The van der Waals surface area contributed by atoms with Gasteiger partial charge in [-0.05, 0) is 26.8 Å². The van der Waals surface area contributed by atoms with Gasteiger partial charge in [-0.1, -0.05) is 11.6 Å². The number of nitrogens with zero attached hydrogens (tertiary/aromatic N) is 4. The van der Waals surface area contributed by atoms with Gasteiger partial charge >= 0.3 is 0 Å². The van der Waals surface area contributed by atoms with Crippen LogP contribution in [0, 0.1) is 0 Å². The molecule has 0 N–H and O–H groups in total. The standard InChI is InChI=1S/C16H19ClN4O6S/c1-4-24-28(22,23)6-5-9-11-12(27-16(2,3)26-11)15(25-9)21-8-20-10-13(17)18-7-19-14(10)21/h5-9,11-12,15H,4H2,1-3H3/b6-5+/t9-,11-,12-,15?/m1/s1. The number of imidazole rings is 1. The summed E-state index contributed by atoms with van der Waals surface area (Å²) in [5.74, 6) is -0.856. The molecular formula is C16H19ClN4O6S. The van der Waals surface area contributed by atoms with Crippen molar-refractivity contribution in [3.05, 3.63) is 29.3 Å². The van der Waals surface area contributed by atoms with E-state index in [4.69, 9.17) is 30.0 Å². The largest absolute Gasteiger partial charge is 0.345 e. The zero-order valence-corrected chi connectivity index (χ0v) is 16.9. The number of rotatable bonds is 5. The third kappa shape index (κ3) is 3.53. The summed E-state index contributed by atoms with van der Waals surface area (Å²) in [4.78, 5) is 12.4. The Labute approximate surface area is 166 Å². The first-order valence-electron chi connectivity index (χ1n) is 8.62. The summed E-state index contributed by atoms with van der Waals surface area (Å²) in [5, 5.41) is 1.20. The molecule has 0 aliphatic carbocycles. The smallest absolute Gasteiger partial charge is 0.289 e. The fraction of sp³-hybridized carbons (Fsp3) is 0.562. The first-order chi connectivity index (χ1) is 13.2. The number of aromatic nitrogens is 4. The molecule has 2 aromatic rings. The molecular weight excluding hydrogens is 412 g/mol. The van der Waals surface area contributed by atoms with Crippen LogP contribution >= 0.6 is 11.6 Å². The maximum absolute atomic E-state index is 11.8. The summed E-state index contributed by atoms with van der Waals surface area (Å²) < 4.78 is 48.1. The third-order valence-electron chi connectivity index (χ3n) is 4.37. The Hall–Kier alpha value is -1.63. The zero-order chi connectivity index (χ0) is 20.1. The van der Waals surface area contributed by atoms with Gasteiger partial charge in [0, 0.05) is 0 Å². The number of ether oxygens (including phenoxy) is 3. The molecule has 0 saturated carbocycles. The normalized spacial score (nSPS) is 29.7. The van der Waals surface area contributed by atoms with Crippen LogP contribution in [0.2, 0.25) is 5.15 Å². The lowest BCUT2D eigenvalue weighted by atomic mass is 10.1. The van der Waals surface area contributed by atoms with Gasteiger partial charge < -0.3 is 14.2 Å². The second-order valence-electron chi connectivity index (χ2n) is 6.77. The molecule has 152 valence electrons. The molecule has 4 heterocycles. The zero-order valence-electron chi connectivity index (χ0n) is 15.4. The van der Waals surface area contributed by atoms with Crippen LogP contribution in [0.15, 0.2) is 24.1 Å². The van der Waals surface area contributed by atoms with Crippen LogP contribution in [0.25, 0.3) is 11.2 Å². The monoisotopic (exact) mass is 430 g/mol. The van der Waals surface area contributed by atoms with Crippen LogP contribution in [-0.4, -0.2) is 58.6 Å². The first kappa shape index (κ1) is 19.7. The lowest BCUT2D eigenvalue weighted by molar-refractivity contribution is -0.191. The quantitative estimate of drug-likeness (QED) is 0.517. The van der Waals surface area contributed by atoms with Gasteiger partial charge in [-0.15, -0.1) is 0 Å². The minimum atomic E-state index is -3.80. The van der Waals surface area contributed by atoms with Crippen LogP contribution < -0.4 is 0 Å². The molecule has 1 unspecified atom stereocenters. The Morgan fingerprint density at radius 1 is 1.29 bits per heavy atom. The van der Waals surface area contributed by atoms with Crippen molar-refractivity contribution in [2.75, 3.05) is 6.61 Å². The van der Waals surface area contributed by atoms with E-state index in [1.807, 2.05) is 0 Å². The molecule has 0 aromatic carbocycles. The van der Waals surface area contributed by atoms with Crippen molar-refractivity contribution in [3.8, 4) is 0 Å². The van der Waals surface area contributed by atoms with Gasteiger partial charge in [-0.2, -0.15) is 8.42 Å². The Morgan fingerprint density at radius 3 is 2.79 bits per heavy atom. The maximum Gasteiger partial charge on any atom is 0.289 e. The van der Waals surface area contributed by atoms with Gasteiger partial charge in [-0.25, -0.2) is 15.0 Å². The van der Waals surface area contributed by atoms with Crippen LogP contribution in [0.1, 0.15) is 27.0 Å². The van der Waals surface area contributed by atoms with E-state index in [0.717, 1.165) is 5.41 Å². The minimum absolute atomic E-state index is 0.0427. The molecule has 4 atom stereocenters. The molecule has 2 aromatic heterocycles. The summed E-state index contributed by atoms with van der Waals surface area (Å²) in [6.45, 7) is 5.20. The highest BCUT2D eigenvalue weighted by atomic mass is 35.5. The summed E-state index contributed by atoms with van der Waals surface area (Å²) in [5.41, 5.74) is 0.907. The van der Waals surface area contributed by atoms with E-state index in [0.29, 0.717) is 11.2 Å². The summed E-state index contributed by atoms with van der Waals surface area (Å²) in [6.07, 6.45) is 1.90. The second kappa shape index (κ2) is 7.01. The molecule has 28 heavy (non-hydrogen) atoms. The van der Waals surface area contributed by atoms with E-state index in [9.17, 15) is 8.42 Å². The van der Waals surface area contributed by atoms with E-state index in [-0.39, 0.29) is 11.8 Å². The van der Waals surface area contributed by atoms with Gasteiger partial charge in [0.25, 0.3) is 10.1 Å². The lowest BCUT2D eigenvalue weighted by Crippen LogP contribution is -2.28. The van der Waals surface area contributed by atoms with Crippen molar-refractivity contribution in [2.45, 2.75) is 51.1 Å². The molecule has 2 aliphatic heterocycles. The average Bonchev–Trinajstić information content (AvgIpc) is 3.25. The summed E-state index contributed by atoms with van der Waals surface area (Å²) >= 11 is 6.08. The van der Waals surface area contributed by atoms with E-state index in [2.05, 4.69) is 15.0 Å². The number of hydrogen-bond donors (Lipinski definition) is 0. The molecule has 0 bridgehead atoms. The van der Waals surface area contributed by atoms with E-state index >= 15 is 0 Å². The highest BCUT2D eigenvalue weighted by Crippen LogP contribution is 2.44. The highest BCUT2D eigenvalue weighted by molar-refractivity contribution is 7.89. The van der Waals surface area contributed by atoms with E-state index in [1.165, 1.54) is 18.7 Å². The Kier molecular flexibility index (Phi) is 4.92. The summed E-state index contributed by atoms with van der Waals surface area (Å²) in [6, 6.07) is 0. The minimum Gasteiger partial charge on any atom is -0.345 e. The molecule has 0 spiro atoms. The van der Waals surface area contributed by atoms with Gasteiger partial charge in [0.1, 0.15) is 30.2 Å². The highest BCUT2D eigenvalue weighted by Gasteiger charge is 2.55.